The molecule has 2 aliphatic rings. The van der Waals surface area contributed by atoms with Crippen molar-refractivity contribution >= 4 is 11.8 Å². The Bertz CT molecular complexity index is 517. The molecule has 4 atom stereocenters. The highest BCUT2D eigenvalue weighted by atomic mass is 16.3. The lowest BCUT2D eigenvalue weighted by molar-refractivity contribution is -0.146. The van der Waals surface area contributed by atoms with Gasteiger partial charge in [-0.2, -0.15) is 0 Å². The van der Waals surface area contributed by atoms with E-state index in [1.54, 1.807) is 24.3 Å². The number of rotatable bonds is 3. The van der Waals surface area contributed by atoms with Crippen LogP contribution in [0.3, 0.4) is 0 Å². The summed E-state index contributed by atoms with van der Waals surface area (Å²) >= 11 is 0. The molecule has 1 aromatic carbocycles. The van der Waals surface area contributed by atoms with Gasteiger partial charge in [-0.15, -0.1) is 0 Å². The average Bonchev–Trinajstić information content (AvgIpc) is 3.09. The summed E-state index contributed by atoms with van der Waals surface area (Å²) in [6.45, 7) is 0. The molecule has 19 heavy (non-hydrogen) atoms. The van der Waals surface area contributed by atoms with Crippen LogP contribution in [0.25, 0.3) is 0 Å². The highest BCUT2D eigenvalue weighted by molar-refractivity contribution is 5.90. The highest BCUT2D eigenvalue weighted by Gasteiger charge is 2.56. The number of piperidine rings is 1. The van der Waals surface area contributed by atoms with Crippen LogP contribution in [0.1, 0.15) is 24.5 Å². The van der Waals surface area contributed by atoms with Gasteiger partial charge in [0.1, 0.15) is 6.04 Å². The minimum Gasteiger partial charge on any atom is -0.378 e. The molecular formula is C14H16N2O3. The number of carbonyl (C=O) groups excluding carboxylic acids is 2. The number of carbonyl (C=O) groups is 2. The van der Waals surface area contributed by atoms with Gasteiger partial charge in [0.05, 0.1) is 0 Å². The van der Waals surface area contributed by atoms with Gasteiger partial charge in [0.2, 0.25) is 5.91 Å². The lowest BCUT2D eigenvalue weighted by Gasteiger charge is -2.27. The molecule has 1 aliphatic carbocycles. The normalized spacial score (nSPS) is 29.7. The molecule has 0 spiro atoms. The van der Waals surface area contributed by atoms with Crippen LogP contribution in [0.5, 0.6) is 0 Å². The van der Waals surface area contributed by atoms with Crippen LogP contribution in [-0.2, 0) is 9.59 Å². The summed E-state index contributed by atoms with van der Waals surface area (Å²) in [6.07, 6.45) is 0.326. The second kappa shape index (κ2) is 4.35. The smallest absolute Gasteiger partial charge is 0.256 e. The van der Waals surface area contributed by atoms with Crippen molar-refractivity contribution in [2.45, 2.75) is 31.0 Å². The van der Waals surface area contributed by atoms with Crippen LogP contribution in [0.2, 0.25) is 0 Å². The Hall–Kier alpha value is -1.88. The number of aliphatic hydroxyl groups is 1. The molecule has 3 rings (SSSR count). The second-order valence-electron chi connectivity index (χ2n) is 5.28. The van der Waals surface area contributed by atoms with Crippen molar-refractivity contribution < 1.29 is 14.7 Å². The predicted octanol–water partition coefficient (Wildman–Crippen LogP) is 0.195. The molecule has 1 aromatic rings. The van der Waals surface area contributed by atoms with Crippen molar-refractivity contribution in [2.75, 3.05) is 0 Å². The van der Waals surface area contributed by atoms with E-state index < -0.39 is 24.0 Å². The van der Waals surface area contributed by atoms with Crippen molar-refractivity contribution in [3.8, 4) is 0 Å². The summed E-state index contributed by atoms with van der Waals surface area (Å²) in [5.74, 6) is -0.523. The maximum absolute atomic E-state index is 12.4. The molecule has 0 aromatic heterocycles. The Morgan fingerprint density at radius 1 is 1.26 bits per heavy atom. The van der Waals surface area contributed by atoms with Gasteiger partial charge < -0.3 is 15.7 Å². The van der Waals surface area contributed by atoms with Crippen LogP contribution in [0.15, 0.2) is 30.3 Å². The van der Waals surface area contributed by atoms with Crippen LogP contribution in [0.4, 0.5) is 0 Å². The summed E-state index contributed by atoms with van der Waals surface area (Å²) in [6, 6.07) is 8.27. The molecular weight excluding hydrogens is 244 g/mol. The van der Waals surface area contributed by atoms with E-state index in [4.69, 9.17) is 5.73 Å². The lowest BCUT2D eigenvalue weighted by Crippen LogP contribution is -2.47. The first-order valence-electron chi connectivity index (χ1n) is 6.44. The third-order valence-corrected chi connectivity index (χ3v) is 4.04. The second-order valence-corrected chi connectivity index (χ2v) is 5.28. The van der Waals surface area contributed by atoms with Crippen LogP contribution in [-0.4, -0.2) is 33.9 Å². The SMILES string of the molecule is NC(=O)C1CC2CC2N1C(=O)[C@@H](O)c1ccccc1. The maximum atomic E-state index is 12.4. The first-order valence-corrected chi connectivity index (χ1v) is 6.44. The molecule has 3 N–H and O–H groups in total. The third kappa shape index (κ3) is 2.00. The van der Waals surface area contributed by atoms with Crippen molar-refractivity contribution in [1.82, 2.24) is 4.90 Å². The molecule has 5 heteroatoms. The molecule has 1 heterocycles. The van der Waals surface area contributed by atoms with Gasteiger partial charge in [0.15, 0.2) is 6.10 Å². The van der Waals surface area contributed by atoms with Gasteiger partial charge in [-0.3, -0.25) is 9.59 Å². The fourth-order valence-corrected chi connectivity index (χ4v) is 2.95. The summed E-state index contributed by atoms with van der Waals surface area (Å²) in [5, 5.41) is 10.1. The molecule has 0 bridgehead atoms. The van der Waals surface area contributed by atoms with Gasteiger partial charge in [0, 0.05) is 6.04 Å². The number of amides is 2. The maximum Gasteiger partial charge on any atom is 0.256 e. The van der Waals surface area contributed by atoms with E-state index in [2.05, 4.69) is 0 Å². The Morgan fingerprint density at radius 3 is 2.58 bits per heavy atom. The van der Waals surface area contributed by atoms with Crippen molar-refractivity contribution in [3.63, 3.8) is 0 Å². The van der Waals surface area contributed by atoms with Crippen molar-refractivity contribution in [1.29, 1.82) is 0 Å². The molecule has 3 unspecified atom stereocenters. The minimum atomic E-state index is -1.22. The highest BCUT2D eigenvalue weighted by Crippen LogP contribution is 2.48. The summed E-state index contributed by atoms with van der Waals surface area (Å²) in [7, 11) is 0. The zero-order valence-electron chi connectivity index (χ0n) is 10.4. The van der Waals surface area contributed by atoms with E-state index >= 15 is 0 Å². The first kappa shape index (κ1) is 12.2. The number of hydrogen-bond donors (Lipinski definition) is 2. The van der Waals surface area contributed by atoms with Gasteiger partial charge in [-0.25, -0.2) is 0 Å². The van der Waals surface area contributed by atoms with Gasteiger partial charge in [0.25, 0.3) is 5.91 Å². The van der Waals surface area contributed by atoms with Crippen LogP contribution >= 0.6 is 0 Å². The van der Waals surface area contributed by atoms with E-state index in [0.29, 0.717) is 17.9 Å². The quantitative estimate of drug-likeness (QED) is 0.814. The number of fused-ring (bicyclic) bond motifs is 1. The van der Waals surface area contributed by atoms with E-state index in [9.17, 15) is 14.7 Å². The third-order valence-electron chi connectivity index (χ3n) is 4.04. The van der Waals surface area contributed by atoms with Gasteiger partial charge >= 0.3 is 0 Å². The molecule has 2 fully saturated rings. The van der Waals surface area contributed by atoms with Crippen molar-refractivity contribution in [2.24, 2.45) is 11.7 Å². The standard InChI is InChI=1S/C14H16N2O3/c15-13(18)11-7-9-6-10(9)16(11)14(19)12(17)8-4-2-1-3-5-8/h1-5,9-12,17H,6-7H2,(H2,15,18)/t9?,10?,11?,12-/m0/s1. The van der Waals surface area contributed by atoms with E-state index in [1.165, 1.54) is 4.90 Å². The fraction of sp³-hybridized carbons (Fsp3) is 0.429. The number of primary amides is 1. The van der Waals surface area contributed by atoms with Crippen molar-refractivity contribution in [3.05, 3.63) is 35.9 Å². The molecule has 5 nitrogen and oxygen atoms in total. The first-order chi connectivity index (χ1) is 9.09. The summed E-state index contributed by atoms with van der Waals surface area (Å²) < 4.78 is 0. The Labute approximate surface area is 111 Å². The number of aliphatic hydroxyl groups excluding tert-OH is 1. The Balaban J connectivity index is 1.81. The minimum absolute atomic E-state index is 0.0864. The molecule has 0 radical (unpaired) electrons. The molecule has 1 aliphatic heterocycles. The predicted molar refractivity (Wildman–Crippen MR) is 67.7 cm³/mol. The van der Waals surface area contributed by atoms with E-state index in [0.717, 1.165) is 6.42 Å². The zero-order chi connectivity index (χ0) is 13.6. The van der Waals surface area contributed by atoms with Gasteiger partial charge in [-0.05, 0) is 24.3 Å². The molecule has 1 saturated heterocycles. The number of nitrogens with zero attached hydrogens (tertiary/aromatic N) is 1. The molecule has 1 saturated carbocycles. The summed E-state index contributed by atoms with van der Waals surface area (Å²) in [5.41, 5.74) is 5.87. The summed E-state index contributed by atoms with van der Waals surface area (Å²) in [4.78, 5) is 25.2. The van der Waals surface area contributed by atoms with Gasteiger partial charge in [-0.1, -0.05) is 30.3 Å². The average molecular weight is 260 g/mol. The van der Waals surface area contributed by atoms with E-state index in [-0.39, 0.29) is 6.04 Å². The zero-order valence-corrected chi connectivity index (χ0v) is 10.4. The van der Waals surface area contributed by atoms with E-state index in [1.807, 2.05) is 6.07 Å². The topological polar surface area (TPSA) is 83.6 Å². The largest absolute Gasteiger partial charge is 0.378 e. The molecule has 2 amide bonds. The number of nitrogens with two attached hydrogens (primary N) is 1. The number of benzene rings is 1. The Morgan fingerprint density at radius 2 is 1.95 bits per heavy atom. The fourth-order valence-electron chi connectivity index (χ4n) is 2.95. The molecule has 100 valence electrons. The number of hydrogen-bond acceptors (Lipinski definition) is 3. The lowest BCUT2D eigenvalue weighted by atomic mass is 10.1. The Kier molecular flexibility index (Phi) is 2.78. The number of likely N-dealkylation sites (tertiary alicyclic amines) is 1. The van der Waals surface area contributed by atoms with Crippen LogP contribution in [0, 0.1) is 5.92 Å². The monoisotopic (exact) mass is 260 g/mol. The van der Waals surface area contributed by atoms with Crippen LogP contribution < -0.4 is 5.73 Å².